The van der Waals surface area contributed by atoms with Gasteiger partial charge in [0.2, 0.25) is 0 Å². The fraction of sp³-hybridized carbons (Fsp3) is 0.107. The molecular formula is C28H22Cl2N2O4S. The number of nitrogens with zero attached hydrogens (tertiary/aromatic N) is 1. The maximum atomic E-state index is 13.4. The molecular weight excluding hydrogens is 531 g/mol. The van der Waals surface area contributed by atoms with Gasteiger partial charge >= 0.3 is 0 Å². The molecule has 0 spiro atoms. The Kier molecular flexibility index (Phi) is 7.11. The molecule has 0 unspecified atom stereocenters. The number of rotatable bonds is 6. The summed E-state index contributed by atoms with van der Waals surface area (Å²) in [6, 6.07) is 25.3. The molecule has 1 heterocycles. The Balaban J connectivity index is 1.42. The molecule has 1 amide bonds. The third-order valence-electron chi connectivity index (χ3n) is 5.97. The maximum Gasteiger partial charge on any atom is 0.262 e. The van der Waals surface area contributed by atoms with Crippen molar-refractivity contribution in [2.75, 3.05) is 16.2 Å². The average Bonchev–Trinajstić information content (AvgIpc) is 2.90. The van der Waals surface area contributed by atoms with Gasteiger partial charge in [0.05, 0.1) is 10.6 Å². The number of carbonyl (C=O) groups excluding carboxylic acids is 1. The van der Waals surface area contributed by atoms with Gasteiger partial charge in [0, 0.05) is 27.8 Å². The molecule has 0 radical (unpaired) electrons. The van der Waals surface area contributed by atoms with Crippen LogP contribution in [0.1, 0.15) is 22.3 Å². The summed E-state index contributed by atoms with van der Waals surface area (Å²) in [7, 11) is -3.98. The van der Waals surface area contributed by atoms with Crippen molar-refractivity contribution in [1.82, 2.24) is 0 Å². The van der Waals surface area contributed by atoms with Gasteiger partial charge in [-0.05, 0) is 91.2 Å². The number of halogens is 2. The average molecular weight is 553 g/mol. The van der Waals surface area contributed by atoms with Crippen LogP contribution in [0.4, 0.5) is 11.4 Å². The zero-order valence-electron chi connectivity index (χ0n) is 19.5. The second kappa shape index (κ2) is 10.5. The molecule has 0 atom stereocenters. The van der Waals surface area contributed by atoms with Crippen molar-refractivity contribution in [3.05, 3.63) is 112 Å². The number of benzene rings is 4. The van der Waals surface area contributed by atoms with Crippen LogP contribution < -0.4 is 14.4 Å². The van der Waals surface area contributed by atoms with E-state index in [0.717, 1.165) is 5.56 Å². The van der Waals surface area contributed by atoms with Crippen LogP contribution in [-0.2, 0) is 16.4 Å². The zero-order valence-corrected chi connectivity index (χ0v) is 21.9. The van der Waals surface area contributed by atoms with E-state index in [4.69, 9.17) is 27.9 Å². The molecule has 0 aliphatic carbocycles. The second-order valence-corrected chi connectivity index (χ2v) is 11.1. The summed E-state index contributed by atoms with van der Waals surface area (Å²) in [6.07, 6.45) is 1.37. The van der Waals surface area contributed by atoms with Crippen molar-refractivity contribution in [2.45, 2.75) is 17.7 Å². The van der Waals surface area contributed by atoms with Crippen LogP contribution in [0, 0.1) is 0 Å². The largest absolute Gasteiger partial charge is 0.455 e. The van der Waals surface area contributed by atoms with Gasteiger partial charge in [-0.3, -0.25) is 9.52 Å². The van der Waals surface area contributed by atoms with Crippen LogP contribution in [-0.4, -0.2) is 20.9 Å². The molecule has 4 aromatic carbocycles. The molecule has 1 aliphatic heterocycles. The number of nitrogens with one attached hydrogen (secondary N) is 1. The van der Waals surface area contributed by atoms with Crippen molar-refractivity contribution in [3.63, 3.8) is 0 Å². The molecule has 6 nitrogen and oxygen atoms in total. The topological polar surface area (TPSA) is 75.7 Å². The standard InChI is InChI=1S/C28H22Cl2N2O4S/c29-21-10-8-19(9-11-21)28(33)32-16-4-5-20-17-24(13-14-26(20)32)37(34,35)31-25-18-22(30)12-15-27(25)36-23-6-2-1-3-7-23/h1-3,6-15,17-18,31H,4-5,16H2. The minimum atomic E-state index is -3.98. The molecule has 0 saturated heterocycles. The molecule has 188 valence electrons. The van der Waals surface area contributed by atoms with E-state index in [1.807, 2.05) is 18.2 Å². The molecule has 1 N–H and O–H groups in total. The van der Waals surface area contributed by atoms with Crippen LogP contribution in [0.15, 0.2) is 95.9 Å². The third kappa shape index (κ3) is 5.59. The Morgan fingerprint density at radius 3 is 2.35 bits per heavy atom. The quantitative estimate of drug-likeness (QED) is 0.275. The highest BCUT2D eigenvalue weighted by Crippen LogP contribution is 2.35. The first-order chi connectivity index (χ1) is 17.8. The number of sulfonamides is 1. The Labute approximate surface area is 225 Å². The monoisotopic (exact) mass is 552 g/mol. The summed E-state index contributed by atoms with van der Waals surface area (Å²) >= 11 is 12.1. The third-order valence-corrected chi connectivity index (χ3v) is 7.82. The second-order valence-electron chi connectivity index (χ2n) is 8.52. The molecule has 1 aliphatic rings. The minimum Gasteiger partial charge on any atom is -0.455 e. The van der Waals surface area contributed by atoms with Gasteiger partial charge in [0.15, 0.2) is 5.75 Å². The number of fused-ring (bicyclic) bond motifs is 1. The summed E-state index contributed by atoms with van der Waals surface area (Å²) in [4.78, 5) is 14.9. The predicted molar refractivity (Wildman–Crippen MR) is 147 cm³/mol. The predicted octanol–water partition coefficient (Wildman–Crippen LogP) is 7.18. The lowest BCUT2D eigenvalue weighted by Gasteiger charge is -2.30. The number of amides is 1. The van der Waals surface area contributed by atoms with Gasteiger partial charge < -0.3 is 9.64 Å². The number of hydrogen-bond acceptors (Lipinski definition) is 4. The summed E-state index contributed by atoms with van der Waals surface area (Å²) in [6.45, 7) is 0.543. The lowest BCUT2D eigenvalue weighted by atomic mass is 10.0. The Hall–Kier alpha value is -3.52. The van der Waals surface area contributed by atoms with E-state index in [1.54, 1.807) is 65.6 Å². The van der Waals surface area contributed by atoms with Crippen molar-refractivity contribution in [3.8, 4) is 11.5 Å². The van der Waals surface area contributed by atoms with Crippen LogP contribution in [0.2, 0.25) is 10.0 Å². The smallest absolute Gasteiger partial charge is 0.262 e. The number of para-hydroxylation sites is 1. The van der Waals surface area contributed by atoms with Crippen molar-refractivity contribution in [1.29, 1.82) is 0 Å². The first-order valence-electron chi connectivity index (χ1n) is 11.6. The number of carbonyl (C=O) groups is 1. The number of hydrogen-bond donors (Lipinski definition) is 1. The van der Waals surface area contributed by atoms with E-state index in [1.165, 1.54) is 12.1 Å². The van der Waals surface area contributed by atoms with E-state index < -0.39 is 10.0 Å². The number of anilines is 2. The summed E-state index contributed by atoms with van der Waals surface area (Å²) in [5.41, 5.74) is 2.21. The molecule has 5 rings (SSSR count). The van der Waals surface area contributed by atoms with Crippen molar-refractivity contribution < 1.29 is 17.9 Å². The maximum absolute atomic E-state index is 13.4. The molecule has 9 heteroatoms. The molecule has 0 bridgehead atoms. The lowest BCUT2D eigenvalue weighted by molar-refractivity contribution is 0.0985. The van der Waals surface area contributed by atoms with Crippen LogP contribution in [0.3, 0.4) is 0 Å². The molecule has 0 fully saturated rings. The van der Waals surface area contributed by atoms with Gasteiger partial charge in [-0.25, -0.2) is 8.42 Å². The van der Waals surface area contributed by atoms with Gasteiger partial charge in [0.25, 0.3) is 15.9 Å². The van der Waals surface area contributed by atoms with Crippen molar-refractivity contribution >= 4 is 50.5 Å². The number of ether oxygens (including phenoxy) is 1. The number of aryl methyl sites for hydroxylation is 1. The Bertz CT molecular complexity index is 1560. The highest BCUT2D eigenvalue weighted by Gasteiger charge is 2.26. The molecule has 37 heavy (non-hydrogen) atoms. The SMILES string of the molecule is O=C(c1ccc(Cl)cc1)N1CCCc2cc(S(=O)(=O)Nc3cc(Cl)ccc3Oc3ccccc3)ccc21. The van der Waals surface area contributed by atoms with Crippen LogP contribution in [0.5, 0.6) is 11.5 Å². The fourth-order valence-corrected chi connectivity index (χ4v) is 5.60. The Morgan fingerprint density at radius 1 is 0.865 bits per heavy atom. The normalized spacial score (nSPS) is 13.1. The van der Waals surface area contributed by atoms with Gasteiger partial charge in [-0.1, -0.05) is 41.4 Å². The van der Waals surface area contributed by atoms with Gasteiger partial charge in [0.1, 0.15) is 5.75 Å². The summed E-state index contributed by atoms with van der Waals surface area (Å²) in [5.74, 6) is 0.717. The highest BCUT2D eigenvalue weighted by molar-refractivity contribution is 7.92. The highest BCUT2D eigenvalue weighted by atomic mass is 35.5. The summed E-state index contributed by atoms with van der Waals surface area (Å²) < 4.78 is 35.2. The Morgan fingerprint density at radius 2 is 1.59 bits per heavy atom. The van der Waals surface area contributed by atoms with E-state index in [2.05, 4.69) is 4.72 Å². The zero-order chi connectivity index (χ0) is 26.0. The molecule has 0 saturated carbocycles. The lowest BCUT2D eigenvalue weighted by Crippen LogP contribution is -2.35. The van der Waals surface area contributed by atoms with Gasteiger partial charge in [-0.2, -0.15) is 0 Å². The van der Waals surface area contributed by atoms with E-state index in [9.17, 15) is 13.2 Å². The van der Waals surface area contributed by atoms with E-state index in [-0.39, 0.29) is 16.5 Å². The molecule has 0 aromatic heterocycles. The molecule has 4 aromatic rings. The minimum absolute atomic E-state index is 0.0812. The van der Waals surface area contributed by atoms with Gasteiger partial charge in [-0.15, -0.1) is 0 Å². The van der Waals surface area contributed by atoms with E-state index >= 15 is 0 Å². The van der Waals surface area contributed by atoms with Crippen LogP contribution in [0.25, 0.3) is 0 Å². The fourth-order valence-electron chi connectivity index (χ4n) is 4.19. The van der Waals surface area contributed by atoms with E-state index in [0.29, 0.717) is 52.2 Å². The first kappa shape index (κ1) is 25.1. The first-order valence-corrected chi connectivity index (χ1v) is 13.8. The summed E-state index contributed by atoms with van der Waals surface area (Å²) in [5, 5.41) is 0.912. The van der Waals surface area contributed by atoms with Crippen LogP contribution >= 0.6 is 23.2 Å². The van der Waals surface area contributed by atoms with Crippen molar-refractivity contribution in [2.24, 2.45) is 0 Å².